The molecule has 24 heavy (non-hydrogen) atoms. The van der Waals surface area contributed by atoms with Crippen LogP contribution in [0.2, 0.25) is 0 Å². The second kappa shape index (κ2) is 12.4. The molecule has 2 aromatic carbocycles. The molecule has 0 amide bonds. The van der Waals surface area contributed by atoms with E-state index >= 15 is 0 Å². The quantitative estimate of drug-likeness (QED) is 0.737. The van der Waals surface area contributed by atoms with E-state index in [0.717, 1.165) is 22.4 Å². The van der Waals surface area contributed by atoms with Gasteiger partial charge in [-0.2, -0.15) is 21.5 Å². The summed E-state index contributed by atoms with van der Waals surface area (Å²) in [4.78, 5) is 0. The van der Waals surface area contributed by atoms with Crippen molar-refractivity contribution in [3.8, 4) is 0 Å². The molecule has 2 rings (SSSR count). The van der Waals surface area contributed by atoms with Crippen LogP contribution in [0.3, 0.4) is 0 Å². The van der Waals surface area contributed by atoms with Crippen LogP contribution in [0.4, 0.5) is 17.1 Å². The van der Waals surface area contributed by atoms with Gasteiger partial charge in [0.2, 0.25) is 22.9 Å². The average Bonchev–Trinajstić information content (AvgIpc) is 2.60. The molecule has 0 radical (unpaired) electrons. The minimum atomic E-state index is 0.201. The van der Waals surface area contributed by atoms with Crippen molar-refractivity contribution in [3.63, 3.8) is 0 Å². The predicted octanol–water partition coefficient (Wildman–Crippen LogP) is 3.91. The molecule has 0 saturated heterocycles. The molecule has 9 heteroatoms. The number of rotatable bonds is 5. The zero-order chi connectivity index (χ0) is 17.6. The minimum Gasteiger partial charge on any atom is -0.380 e. The maximum atomic E-state index is 10.0. The number of methoxy groups -OCH3 is 1. The van der Waals surface area contributed by atoms with Gasteiger partial charge in [-0.1, -0.05) is 23.3 Å². The Labute approximate surface area is 151 Å². The van der Waals surface area contributed by atoms with E-state index in [-0.39, 0.29) is 22.9 Å². The van der Waals surface area contributed by atoms with E-state index in [2.05, 4.69) is 19.0 Å². The van der Waals surface area contributed by atoms with Gasteiger partial charge in [0.25, 0.3) is 0 Å². The van der Waals surface area contributed by atoms with E-state index in [9.17, 15) is 8.42 Å². The fourth-order valence-electron chi connectivity index (χ4n) is 1.55. The molecule has 0 bridgehead atoms. The lowest BCUT2D eigenvalue weighted by molar-refractivity contribution is 0.185. The Bertz CT molecular complexity index is 754. The fourth-order valence-corrected chi connectivity index (χ4v) is 2.24. The summed E-state index contributed by atoms with van der Waals surface area (Å²) in [6.45, 7) is 0.588. The minimum absolute atomic E-state index is 0.201. The van der Waals surface area contributed by atoms with Gasteiger partial charge in [0, 0.05) is 7.11 Å². The first-order chi connectivity index (χ1) is 11.7. The molecule has 0 aromatic heterocycles. The molecule has 0 spiro atoms. The maximum absolute atomic E-state index is 10.0. The van der Waals surface area contributed by atoms with Gasteiger partial charge < -0.3 is 4.74 Å². The molecule has 0 N–H and O–H groups in total. The number of nitrogens with zero attached hydrogens (tertiary/aromatic N) is 3. The molecule has 0 aliphatic rings. The van der Waals surface area contributed by atoms with Crippen molar-refractivity contribution < 1.29 is 13.2 Å². The van der Waals surface area contributed by atoms with E-state index in [1.54, 1.807) is 43.5 Å². The van der Waals surface area contributed by atoms with Crippen molar-refractivity contribution in [2.24, 2.45) is 13.1 Å². The van der Waals surface area contributed by atoms with Crippen molar-refractivity contribution in [2.75, 3.05) is 7.11 Å². The van der Waals surface area contributed by atoms with Crippen molar-refractivity contribution in [1.29, 1.82) is 0 Å². The SMILES string of the molecule is C=S=Nc1ccc(N=S=O)cc1.COCc1ccc(N=S=O)cc1. The molecular formula is C15H15N3O3S3. The molecule has 0 unspecified atom stereocenters. The second-order valence-corrected chi connectivity index (χ2v) is 5.27. The summed E-state index contributed by atoms with van der Waals surface area (Å²) in [7, 11) is 1.64. The summed E-state index contributed by atoms with van der Waals surface area (Å²) < 4.78 is 36.2. The molecule has 0 aliphatic carbocycles. The highest BCUT2D eigenvalue weighted by molar-refractivity contribution is 7.66. The van der Waals surface area contributed by atoms with E-state index in [1.807, 2.05) is 12.1 Å². The van der Waals surface area contributed by atoms with Crippen molar-refractivity contribution in [3.05, 3.63) is 54.1 Å². The molecule has 6 nitrogen and oxygen atoms in total. The third-order valence-corrected chi connectivity index (χ3v) is 3.46. The summed E-state index contributed by atoms with van der Waals surface area (Å²) in [5.74, 6) is 3.51. The zero-order valence-electron chi connectivity index (χ0n) is 12.8. The Morgan fingerprint density at radius 2 is 1.25 bits per heavy atom. The average molecular weight is 382 g/mol. The molecule has 0 aliphatic heterocycles. The number of hydrogen-bond acceptors (Lipinski definition) is 6. The van der Waals surface area contributed by atoms with Gasteiger partial charge >= 0.3 is 0 Å². The monoisotopic (exact) mass is 381 g/mol. The van der Waals surface area contributed by atoms with Gasteiger partial charge in [-0.15, -0.1) is 0 Å². The zero-order valence-corrected chi connectivity index (χ0v) is 15.3. The highest BCUT2D eigenvalue weighted by Gasteiger charge is 1.91. The van der Waals surface area contributed by atoms with Crippen LogP contribution in [0.15, 0.2) is 61.6 Å². The van der Waals surface area contributed by atoms with Crippen LogP contribution in [-0.2, 0) is 45.4 Å². The van der Waals surface area contributed by atoms with Gasteiger partial charge in [0.15, 0.2) is 0 Å². The number of ether oxygens (including phenoxy) is 1. The van der Waals surface area contributed by atoms with Gasteiger partial charge in [0.05, 0.1) is 23.7 Å². The summed E-state index contributed by atoms with van der Waals surface area (Å²) in [6, 6.07) is 14.4. The molecule has 0 saturated carbocycles. The maximum Gasteiger partial charge on any atom is 0.205 e. The van der Waals surface area contributed by atoms with Crippen LogP contribution in [-0.4, -0.2) is 21.4 Å². The Kier molecular flexibility index (Phi) is 10.3. The van der Waals surface area contributed by atoms with Gasteiger partial charge in [-0.25, -0.2) is 0 Å². The standard InChI is InChI=1S/C8H9NO2S.C7H6N2OS2/c1-11-6-7-2-4-8(5-3-7)9-12-10;1-11-8-6-2-4-7(5-3-6)9-12-10/h2-5H,6H2,1H3;2-5H,1H2. The van der Waals surface area contributed by atoms with Crippen molar-refractivity contribution in [2.45, 2.75) is 6.61 Å². The molecular weight excluding hydrogens is 366 g/mol. The lowest BCUT2D eigenvalue weighted by atomic mass is 10.2. The van der Waals surface area contributed by atoms with E-state index in [4.69, 9.17) is 4.74 Å². The second-order valence-electron chi connectivity index (χ2n) is 4.17. The number of benzene rings is 2. The van der Waals surface area contributed by atoms with E-state index in [1.165, 1.54) is 0 Å². The molecule has 0 fully saturated rings. The Morgan fingerprint density at radius 1 is 0.833 bits per heavy atom. The first-order valence-corrected chi connectivity index (χ1v) is 8.87. The van der Waals surface area contributed by atoms with Gasteiger partial charge in [-0.3, -0.25) is 0 Å². The van der Waals surface area contributed by atoms with Crippen LogP contribution in [0.5, 0.6) is 0 Å². The van der Waals surface area contributed by atoms with Crippen LogP contribution < -0.4 is 0 Å². The van der Waals surface area contributed by atoms with Gasteiger partial charge in [0.1, 0.15) is 0 Å². The highest BCUT2D eigenvalue weighted by atomic mass is 32.1. The molecule has 2 aromatic rings. The molecule has 0 heterocycles. The normalized spacial score (nSPS) is 9.04. The Balaban J connectivity index is 0.000000240. The lowest BCUT2D eigenvalue weighted by Crippen LogP contribution is -1.84. The first-order valence-electron chi connectivity index (χ1n) is 6.53. The summed E-state index contributed by atoms with van der Waals surface area (Å²) in [5, 5.41) is 0. The predicted molar refractivity (Wildman–Crippen MR) is 101 cm³/mol. The van der Waals surface area contributed by atoms with Crippen LogP contribution in [0.1, 0.15) is 5.56 Å². The highest BCUT2D eigenvalue weighted by Crippen LogP contribution is 2.17. The summed E-state index contributed by atoms with van der Waals surface area (Å²) >= 11 is 1.57. The van der Waals surface area contributed by atoms with E-state index in [0.29, 0.717) is 18.0 Å². The third-order valence-electron chi connectivity index (χ3n) is 2.55. The Morgan fingerprint density at radius 3 is 1.62 bits per heavy atom. The Hall–Kier alpha value is -2.07. The van der Waals surface area contributed by atoms with Gasteiger partial charge in [-0.05, 0) is 47.8 Å². The van der Waals surface area contributed by atoms with Crippen molar-refractivity contribution >= 4 is 57.0 Å². The first kappa shape index (κ1) is 20.0. The summed E-state index contributed by atoms with van der Waals surface area (Å²) in [5.41, 5.74) is 3.25. The molecule has 0 atom stereocenters. The summed E-state index contributed by atoms with van der Waals surface area (Å²) in [6.07, 6.45) is 0. The third kappa shape index (κ3) is 7.97. The smallest absolute Gasteiger partial charge is 0.205 e. The largest absolute Gasteiger partial charge is 0.380 e. The van der Waals surface area contributed by atoms with Crippen LogP contribution >= 0.6 is 0 Å². The topological polar surface area (TPSA) is 80.4 Å². The fraction of sp³-hybridized carbons (Fsp3) is 0.133. The number of hydrogen-bond donors (Lipinski definition) is 0. The van der Waals surface area contributed by atoms with Crippen molar-refractivity contribution in [1.82, 2.24) is 0 Å². The lowest BCUT2D eigenvalue weighted by Gasteiger charge is -1.97. The van der Waals surface area contributed by atoms with Crippen LogP contribution in [0, 0.1) is 0 Å². The van der Waals surface area contributed by atoms with E-state index < -0.39 is 0 Å². The van der Waals surface area contributed by atoms with Crippen LogP contribution in [0.25, 0.3) is 0 Å². The molecule has 126 valence electrons.